The van der Waals surface area contributed by atoms with Crippen LogP contribution in [0.2, 0.25) is 10.0 Å². The van der Waals surface area contributed by atoms with Crippen LogP contribution < -0.4 is 5.32 Å². The number of fused-ring (bicyclic) bond motifs is 1. The fourth-order valence-corrected chi connectivity index (χ4v) is 3.87. The fraction of sp³-hybridized carbons (Fsp3) is 0.312. The Kier molecular flexibility index (Phi) is 4.06. The van der Waals surface area contributed by atoms with Gasteiger partial charge in [0.2, 0.25) is 11.1 Å². The number of benzene rings is 1. The van der Waals surface area contributed by atoms with Gasteiger partial charge in [-0.25, -0.2) is 4.68 Å². The maximum Gasteiger partial charge on any atom is 0.227 e. The highest BCUT2D eigenvalue weighted by atomic mass is 35.5. The molecule has 0 saturated carbocycles. The van der Waals surface area contributed by atoms with Crippen LogP contribution in [0.5, 0.6) is 0 Å². The third kappa shape index (κ3) is 2.53. The molecule has 24 heavy (non-hydrogen) atoms. The quantitative estimate of drug-likeness (QED) is 0.785. The van der Waals surface area contributed by atoms with E-state index in [1.165, 1.54) is 11.8 Å². The second kappa shape index (κ2) is 6.10. The van der Waals surface area contributed by atoms with E-state index in [0.717, 1.165) is 29.7 Å². The maximum atomic E-state index is 12.6. The average Bonchev–Trinajstić information content (AvgIpc) is 2.98. The molecule has 0 fully saturated rings. The number of allylic oxidation sites excluding steroid dienone is 2. The van der Waals surface area contributed by atoms with Crippen LogP contribution in [0.4, 0.5) is 5.95 Å². The molecule has 124 valence electrons. The van der Waals surface area contributed by atoms with E-state index in [0.29, 0.717) is 27.6 Å². The van der Waals surface area contributed by atoms with Gasteiger partial charge in [0, 0.05) is 17.7 Å². The van der Waals surface area contributed by atoms with Crippen LogP contribution in [0.3, 0.4) is 0 Å². The number of thioether (sulfide) groups is 1. The molecule has 0 saturated heterocycles. The number of halogens is 2. The molecule has 2 heterocycles. The molecular formula is C16H14Cl2N4OS. The number of Topliss-reactive ketones (excluding diaryl/α,β-unsaturated/α-hetero) is 1. The summed E-state index contributed by atoms with van der Waals surface area (Å²) in [6.07, 6.45) is 4.16. The summed E-state index contributed by atoms with van der Waals surface area (Å²) < 4.78 is 1.77. The van der Waals surface area contributed by atoms with Gasteiger partial charge < -0.3 is 5.32 Å². The molecule has 1 aromatic heterocycles. The van der Waals surface area contributed by atoms with E-state index in [1.807, 2.05) is 12.3 Å². The highest BCUT2D eigenvalue weighted by Gasteiger charge is 2.36. The second-order valence-corrected chi connectivity index (χ2v) is 7.32. The van der Waals surface area contributed by atoms with Crippen LogP contribution in [-0.4, -0.2) is 26.8 Å². The fourth-order valence-electron chi connectivity index (χ4n) is 3.21. The smallest absolute Gasteiger partial charge is 0.227 e. The first-order valence-corrected chi connectivity index (χ1v) is 9.55. The lowest BCUT2D eigenvalue weighted by Gasteiger charge is -2.32. The first-order valence-electron chi connectivity index (χ1n) is 7.57. The van der Waals surface area contributed by atoms with Gasteiger partial charge in [-0.1, -0.05) is 41.0 Å². The summed E-state index contributed by atoms with van der Waals surface area (Å²) in [6.45, 7) is 0. The molecular weight excluding hydrogens is 367 g/mol. The Labute approximate surface area is 153 Å². The zero-order valence-electron chi connectivity index (χ0n) is 12.8. The maximum absolute atomic E-state index is 12.6. The SMILES string of the molecule is CSc1nc2n(n1)[C@@H](c1ccc(Cl)c(Cl)c1)C1=C(CCCC1=O)N2. The monoisotopic (exact) mass is 380 g/mol. The lowest BCUT2D eigenvalue weighted by molar-refractivity contribution is -0.116. The zero-order valence-corrected chi connectivity index (χ0v) is 15.2. The molecule has 2 aromatic rings. The van der Waals surface area contributed by atoms with Crippen LogP contribution >= 0.6 is 35.0 Å². The summed E-state index contributed by atoms with van der Waals surface area (Å²) in [7, 11) is 0. The van der Waals surface area contributed by atoms with Gasteiger partial charge in [-0.15, -0.1) is 5.10 Å². The van der Waals surface area contributed by atoms with E-state index < -0.39 is 0 Å². The van der Waals surface area contributed by atoms with Crippen LogP contribution in [0.25, 0.3) is 0 Å². The molecule has 0 radical (unpaired) electrons. The molecule has 4 rings (SSSR count). The Morgan fingerprint density at radius 3 is 2.88 bits per heavy atom. The molecule has 0 spiro atoms. The summed E-state index contributed by atoms with van der Waals surface area (Å²) in [6, 6.07) is 5.12. The highest BCUT2D eigenvalue weighted by molar-refractivity contribution is 7.98. The summed E-state index contributed by atoms with van der Waals surface area (Å²) in [5.41, 5.74) is 2.58. The van der Waals surface area contributed by atoms with Crippen LogP contribution in [-0.2, 0) is 4.79 Å². The van der Waals surface area contributed by atoms with E-state index >= 15 is 0 Å². The molecule has 1 N–H and O–H groups in total. The van der Waals surface area contributed by atoms with Crippen molar-refractivity contribution in [1.29, 1.82) is 0 Å². The minimum Gasteiger partial charge on any atom is -0.328 e. The molecule has 0 unspecified atom stereocenters. The van der Waals surface area contributed by atoms with E-state index in [-0.39, 0.29) is 11.8 Å². The number of rotatable bonds is 2. The van der Waals surface area contributed by atoms with Crippen molar-refractivity contribution in [2.24, 2.45) is 0 Å². The van der Waals surface area contributed by atoms with Gasteiger partial charge >= 0.3 is 0 Å². The van der Waals surface area contributed by atoms with Crippen molar-refractivity contribution in [1.82, 2.24) is 14.8 Å². The Hall–Kier alpha value is -1.50. The normalized spacial score (nSPS) is 19.8. The number of nitrogens with one attached hydrogen (secondary N) is 1. The number of ketones is 1. The lowest BCUT2D eigenvalue weighted by atomic mass is 9.85. The third-order valence-corrected chi connectivity index (χ3v) is 5.57. The van der Waals surface area contributed by atoms with Crippen molar-refractivity contribution in [2.45, 2.75) is 30.5 Å². The standard InChI is InChI=1S/C16H14Cl2N4OS/c1-24-16-20-15-19-11-3-2-4-12(23)13(11)14(22(15)21-16)8-5-6-9(17)10(18)7-8/h5-7,14H,2-4H2,1H3,(H,19,20,21)/t14-/m0/s1. The summed E-state index contributed by atoms with van der Waals surface area (Å²) in [5, 5.41) is 9.45. The van der Waals surface area contributed by atoms with Gasteiger partial charge in [0.15, 0.2) is 5.78 Å². The van der Waals surface area contributed by atoms with Crippen molar-refractivity contribution >= 4 is 46.7 Å². The van der Waals surface area contributed by atoms with Crippen molar-refractivity contribution < 1.29 is 4.79 Å². The highest BCUT2D eigenvalue weighted by Crippen LogP contribution is 2.41. The predicted molar refractivity (Wildman–Crippen MR) is 95.9 cm³/mol. The van der Waals surface area contributed by atoms with E-state index in [1.54, 1.807) is 16.8 Å². The van der Waals surface area contributed by atoms with Crippen molar-refractivity contribution in [3.63, 3.8) is 0 Å². The number of aromatic nitrogens is 3. The molecule has 1 aromatic carbocycles. The number of carbonyl (C=O) groups excluding carboxylic acids is 1. The van der Waals surface area contributed by atoms with Gasteiger partial charge in [0.1, 0.15) is 6.04 Å². The Balaban J connectivity index is 1.92. The van der Waals surface area contributed by atoms with Crippen LogP contribution in [0.1, 0.15) is 30.9 Å². The Bertz CT molecular complexity index is 877. The van der Waals surface area contributed by atoms with Crippen LogP contribution in [0, 0.1) is 0 Å². The molecule has 0 amide bonds. The number of anilines is 1. The van der Waals surface area contributed by atoms with Crippen molar-refractivity contribution in [2.75, 3.05) is 11.6 Å². The van der Waals surface area contributed by atoms with E-state index in [9.17, 15) is 4.79 Å². The Morgan fingerprint density at radius 1 is 1.29 bits per heavy atom. The summed E-state index contributed by atoms with van der Waals surface area (Å²) in [5.74, 6) is 0.801. The van der Waals surface area contributed by atoms with E-state index in [2.05, 4.69) is 15.4 Å². The minimum atomic E-state index is -0.327. The summed E-state index contributed by atoms with van der Waals surface area (Å²) in [4.78, 5) is 17.1. The van der Waals surface area contributed by atoms with E-state index in [4.69, 9.17) is 23.2 Å². The lowest BCUT2D eigenvalue weighted by Crippen LogP contribution is -2.31. The van der Waals surface area contributed by atoms with Gasteiger partial charge in [0.25, 0.3) is 0 Å². The first kappa shape index (κ1) is 16.0. The molecule has 2 aliphatic rings. The summed E-state index contributed by atoms with van der Waals surface area (Å²) >= 11 is 13.7. The first-order chi connectivity index (χ1) is 11.6. The van der Waals surface area contributed by atoms with Gasteiger partial charge in [-0.05, 0) is 36.8 Å². The molecule has 1 aliphatic carbocycles. The van der Waals surface area contributed by atoms with Gasteiger partial charge in [-0.3, -0.25) is 4.79 Å². The topological polar surface area (TPSA) is 59.8 Å². The number of hydrogen-bond donors (Lipinski definition) is 1. The van der Waals surface area contributed by atoms with Crippen molar-refractivity contribution in [3.05, 3.63) is 45.1 Å². The number of hydrogen-bond acceptors (Lipinski definition) is 5. The average molecular weight is 381 g/mol. The molecule has 8 heteroatoms. The predicted octanol–water partition coefficient (Wildman–Crippen LogP) is 4.33. The molecule has 1 aliphatic heterocycles. The molecule has 1 atom stereocenters. The third-order valence-electron chi connectivity index (χ3n) is 4.29. The molecule has 5 nitrogen and oxygen atoms in total. The molecule has 0 bridgehead atoms. The van der Waals surface area contributed by atoms with Crippen LogP contribution in [0.15, 0.2) is 34.6 Å². The Morgan fingerprint density at radius 2 is 2.12 bits per heavy atom. The number of carbonyl (C=O) groups is 1. The van der Waals surface area contributed by atoms with Gasteiger partial charge in [0.05, 0.1) is 10.0 Å². The number of nitrogens with zero attached hydrogens (tertiary/aromatic N) is 3. The van der Waals surface area contributed by atoms with Gasteiger partial charge in [-0.2, -0.15) is 4.98 Å². The largest absolute Gasteiger partial charge is 0.328 e. The second-order valence-electron chi connectivity index (χ2n) is 5.74. The minimum absolute atomic E-state index is 0.145. The van der Waals surface area contributed by atoms with Crippen molar-refractivity contribution in [3.8, 4) is 0 Å². The zero-order chi connectivity index (χ0) is 16.8.